The quantitative estimate of drug-likeness (QED) is 0.883. The summed E-state index contributed by atoms with van der Waals surface area (Å²) < 4.78 is 0. The van der Waals surface area contributed by atoms with E-state index in [0.29, 0.717) is 6.04 Å². The Bertz CT molecular complexity index is 503. The minimum absolute atomic E-state index is 0.522. The summed E-state index contributed by atoms with van der Waals surface area (Å²) in [5, 5.41) is 12.8. The Morgan fingerprint density at radius 2 is 2.21 bits per heavy atom. The molecular formula is C16H21N3. The maximum absolute atomic E-state index is 9.19. The van der Waals surface area contributed by atoms with Gasteiger partial charge < -0.3 is 10.2 Å². The van der Waals surface area contributed by atoms with Crippen molar-refractivity contribution in [2.45, 2.75) is 44.7 Å². The summed E-state index contributed by atoms with van der Waals surface area (Å²) in [4.78, 5) is 2.62. The predicted octanol–water partition coefficient (Wildman–Crippen LogP) is 2.91. The highest BCUT2D eigenvalue weighted by Crippen LogP contribution is 2.29. The van der Waals surface area contributed by atoms with E-state index in [-0.39, 0.29) is 0 Å². The van der Waals surface area contributed by atoms with Crippen LogP contribution in [0.25, 0.3) is 0 Å². The standard InChI is InChI=1S/C16H21N3/c1-12-4-5-13(11-17)16(9-12)18-14-6-8-19-7-2-3-15(19)10-14/h4-5,9,14-15,18H,2-3,6-8,10H2,1H3. The molecule has 3 nitrogen and oxygen atoms in total. The number of benzene rings is 1. The first-order chi connectivity index (χ1) is 9.26. The zero-order valence-corrected chi connectivity index (χ0v) is 11.5. The van der Waals surface area contributed by atoms with Crippen LogP contribution < -0.4 is 5.32 Å². The summed E-state index contributed by atoms with van der Waals surface area (Å²) in [5.41, 5.74) is 2.98. The number of fused-ring (bicyclic) bond motifs is 1. The summed E-state index contributed by atoms with van der Waals surface area (Å²) in [6.07, 6.45) is 5.11. The lowest BCUT2D eigenvalue weighted by Crippen LogP contribution is -2.42. The van der Waals surface area contributed by atoms with Crippen LogP contribution in [0.3, 0.4) is 0 Å². The summed E-state index contributed by atoms with van der Waals surface area (Å²) in [6, 6.07) is 9.59. The molecule has 2 fully saturated rings. The highest BCUT2D eigenvalue weighted by atomic mass is 15.2. The molecule has 2 aliphatic rings. The molecule has 0 aromatic heterocycles. The maximum Gasteiger partial charge on any atom is 0.101 e. The molecule has 0 saturated carbocycles. The van der Waals surface area contributed by atoms with Gasteiger partial charge in [-0.15, -0.1) is 0 Å². The molecule has 1 aromatic carbocycles. The molecule has 2 atom stereocenters. The number of piperidine rings is 1. The second-order valence-electron chi connectivity index (χ2n) is 5.86. The Balaban J connectivity index is 1.71. The van der Waals surface area contributed by atoms with Crippen molar-refractivity contribution in [3.8, 4) is 6.07 Å². The van der Waals surface area contributed by atoms with E-state index in [0.717, 1.165) is 17.3 Å². The normalized spacial score (nSPS) is 26.7. The summed E-state index contributed by atoms with van der Waals surface area (Å²) in [6.45, 7) is 4.56. The third-order valence-corrected chi connectivity index (χ3v) is 4.48. The highest BCUT2D eigenvalue weighted by Gasteiger charge is 2.31. The molecule has 2 aliphatic heterocycles. The van der Waals surface area contributed by atoms with Gasteiger partial charge >= 0.3 is 0 Å². The second kappa shape index (κ2) is 5.22. The van der Waals surface area contributed by atoms with Crippen LogP contribution in [0.1, 0.15) is 36.8 Å². The largest absolute Gasteiger partial charge is 0.381 e. The molecule has 0 radical (unpaired) electrons. The zero-order valence-electron chi connectivity index (χ0n) is 11.5. The van der Waals surface area contributed by atoms with Crippen molar-refractivity contribution in [1.82, 2.24) is 4.90 Å². The number of nitriles is 1. The minimum Gasteiger partial charge on any atom is -0.381 e. The molecule has 0 spiro atoms. The van der Waals surface area contributed by atoms with Crippen LogP contribution in [0, 0.1) is 18.3 Å². The molecule has 2 heterocycles. The second-order valence-corrected chi connectivity index (χ2v) is 5.86. The summed E-state index contributed by atoms with van der Waals surface area (Å²) >= 11 is 0. The van der Waals surface area contributed by atoms with Gasteiger partial charge in [-0.25, -0.2) is 0 Å². The Labute approximate surface area is 115 Å². The third-order valence-electron chi connectivity index (χ3n) is 4.48. The van der Waals surface area contributed by atoms with Gasteiger partial charge in [-0.1, -0.05) is 6.07 Å². The number of hydrogen-bond acceptors (Lipinski definition) is 3. The van der Waals surface area contributed by atoms with Crippen LogP contribution in [0.15, 0.2) is 18.2 Å². The van der Waals surface area contributed by atoms with Gasteiger partial charge in [-0.05, 0) is 56.8 Å². The first-order valence-electron chi connectivity index (χ1n) is 7.27. The SMILES string of the molecule is Cc1ccc(C#N)c(NC2CCN3CCCC3C2)c1. The lowest BCUT2D eigenvalue weighted by atomic mass is 9.97. The fourth-order valence-electron chi connectivity index (χ4n) is 3.45. The number of nitrogens with zero attached hydrogens (tertiary/aromatic N) is 2. The molecule has 0 bridgehead atoms. The van der Waals surface area contributed by atoms with Gasteiger partial charge in [0.2, 0.25) is 0 Å². The van der Waals surface area contributed by atoms with E-state index in [1.54, 1.807) is 0 Å². The van der Waals surface area contributed by atoms with Gasteiger partial charge in [0.1, 0.15) is 6.07 Å². The zero-order chi connectivity index (χ0) is 13.2. The van der Waals surface area contributed by atoms with Crippen LogP contribution in [0.4, 0.5) is 5.69 Å². The first kappa shape index (κ1) is 12.5. The van der Waals surface area contributed by atoms with Crippen LogP contribution in [-0.4, -0.2) is 30.1 Å². The lowest BCUT2D eigenvalue weighted by Gasteiger charge is -2.35. The van der Waals surface area contributed by atoms with Crippen molar-refractivity contribution in [2.24, 2.45) is 0 Å². The average Bonchev–Trinajstić information content (AvgIpc) is 2.86. The Kier molecular flexibility index (Phi) is 3.44. The molecule has 0 amide bonds. The summed E-state index contributed by atoms with van der Waals surface area (Å²) in [5.74, 6) is 0. The Morgan fingerprint density at radius 3 is 3.05 bits per heavy atom. The van der Waals surface area contributed by atoms with Gasteiger partial charge in [-0.2, -0.15) is 5.26 Å². The van der Waals surface area contributed by atoms with E-state index < -0.39 is 0 Å². The minimum atomic E-state index is 0.522. The van der Waals surface area contributed by atoms with Gasteiger partial charge in [0.05, 0.1) is 11.3 Å². The Morgan fingerprint density at radius 1 is 1.32 bits per heavy atom. The molecule has 0 aliphatic carbocycles. The van der Waals surface area contributed by atoms with Crippen LogP contribution >= 0.6 is 0 Å². The van der Waals surface area contributed by atoms with Gasteiger partial charge in [0, 0.05) is 18.6 Å². The van der Waals surface area contributed by atoms with Gasteiger partial charge in [0.25, 0.3) is 0 Å². The molecule has 1 N–H and O–H groups in total. The lowest BCUT2D eigenvalue weighted by molar-refractivity contribution is 0.188. The smallest absolute Gasteiger partial charge is 0.101 e. The van der Waals surface area contributed by atoms with Crippen LogP contribution in [0.5, 0.6) is 0 Å². The van der Waals surface area contributed by atoms with Crippen LogP contribution in [-0.2, 0) is 0 Å². The van der Waals surface area contributed by atoms with E-state index in [9.17, 15) is 5.26 Å². The van der Waals surface area contributed by atoms with Crippen molar-refractivity contribution in [3.05, 3.63) is 29.3 Å². The first-order valence-corrected chi connectivity index (χ1v) is 7.27. The highest BCUT2D eigenvalue weighted by molar-refractivity contribution is 5.59. The van der Waals surface area contributed by atoms with E-state index in [1.807, 2.05) is 12.1 Å². The fraction of sp³-hybridized carbons (Fsp3) is 0.562. The maximum atomic E-state index is 9.19. The monoisotopic (exact) mass is 255 g/mol. The molecule has 3 heteroatoms. The van der Waals surface area contributed by atoms with Gasteiger partial charge in [0.15, 0.2) is 0 Å². The molecular weight excluding hydrogens is 234 g/mol. The third kappa shape index (κ3) is 2.59. The predicted molar refractivity (Wildman–Crippen MR) is 77.1 cm³/mol. The molecule has 2 unspecified atom stereocenters. The van der Waals surface area contributed by atoms with E-state index in [2.05, 4.69) is 29.3 Å². The van der Waals surface area contributed by atoms with Crippen molar-refractivity contribution in [3.63, 3.8) is 0 Å². The Hall–Kier alpha value is -1.53. The number of anilines is 1. The van der Waals surface area contributed by atoms with Crippen molar-refractivity contribution in [1.29, 1.82) is 5.26 Å². The molecule has 2 saturated heterocycles. The number of nitrogens with one attached hydrogen (secondary N) is 1. The molecule has 19 heavy (non-hydrogen) atoms. The van der Waals surface area contributed by atoms with Crippen molar-refractivity contribution < 1.29 is 0 Å². The van der Waals surface area contributed by atoms with Crippen LogP contribution in [0.2, 0.25) is 0 Å². The number of hydrogen-bond donors (Lipinski definition) is 1. The van der Waals surface area contributed by atoms with Gasteiger partial charge in [-0.3, -0.25) is 0 Å². The van der Waals surface area contributed by atoms with E-state index >= 15 is 0 Å². The van der Waals surface area contributed by atoms with E-state index in [1.165, 1.54) is 44.3 Å². The number of rotatable bonds is 2. The molecule has 1 aromatic rings. The van der Waals surface area contributed by atoms with Crippen molar-refractivity contribution >= 4 is 5.69 Å². The fourth-order valence-corrected chi connectivity index (χ4v) is 3.45. The van der Waals surface area contributed by atoms with E-state index in [4.69, 9.17) is 0 Å². The topological polar surface area (TPSA) is 39.1 Å². The average molecular weight is 255 g/mol. The molecule has 100 valence electrons. The van der Waals surface area contributed by atoms with Crippen molar-refractivity contribution in [2.75, 3.05) is 18.4 Å². The number of aryl methyl sites for hydroxylation is 1. The summed E-state index contributed by atoms with van der Waals surface area (Å²) in [7, 11) is 0. The molecule has 3 rings (SSSR count).